The lowest BCUT2D eigenvalue weighted by molar-refractivity contribution is -0.137. The lowest BCUT2D eigenvalue weighted by atomic mass is 10.2. The van der Waals surface area contributed by atoms with Gasteiger partial charge in [0.2, 0.25) is 10.0 Å². The fourth-order valence-electron chi connectivity index (χ4n) is 2.81. The van der Waals surface area contributed by atoms with E-state index in [2.05, 4.69) is 0 Å². The molecule has 1 heterocycles. The Labute approximate surface area is 163 Å². The van der Waals surface area contributed by atoms with Gasteiger partial charge in [-0.25, -0.2) is 12.8 Å². The van der Waals surface area contributed by atoms with E-state index in [0.29, 0.717) is 19.2 Å². The van der Waals surface area contributed by atoms with Gasteiger partial charge < -0.3 is 10.5 Å². The fraction of sp³-hybridized carbons (Fsp3) is 0.294. The molecule has 0 bridgehead atoms. The molecule has 0 aliphatic carbocycles. The second kappa shape index (κ2) is 7.41. The average molecular weight is 439 g/mol. The van der Waals surface area contributed by atoms with Crippen LogP contribution in [0.3, 0.4) is 0 Å². The zero-order valence-corrected chi connectivity index (χ0v) is 15.8. The number of benzene rings is 2. The zero-order chi connectivity index (χ0) is 20.7. The molecule has 28 heavy (non-hydrogen) atoms. The smallest absolute Gasteiger partial charge is 0.416 e. The number of hydrogen-bond acceptors (Lipinski definition) is 4. The summed E-state index contributed by atoms with van der Waals surface area (Å²) in [5, 5.41) is -0.604. The molecule has 0 spiro atoms. The Morgan fingerprint density at radius 1 is 1.11 bits per heavy atom. The first kappa shape index (κ1) is 20.7. The van der Waals surface area contributed by atoms with E-state index >= 15 is 0 Å². The van der Waals surface area contributed by atoms with Crippen molar-refractivity contribution in [2.75, 3.05) is 18.8 Å². The summed E-state index contributed by atoms with van der Waals surface area (Å²) < 4.78 is 84.3. The highest BCUT2D eigenvalue weighted by Crippen LogP contribution is 2.39. The van der Waals surface area contributed by atoms with Crippen LogP contribution in [0.5, 0.6) is 11.5 Å². The van der Waals surface area contributed by atoms with E-state index in [1.54, 1.807) is 0 Å². The van der Waals surface area contributed by atoms with E-state index in [0.717, 1.165) is 18.9 Å². The Morgan fingerprint density at radius 3 is 2.32 bits per heavy atom. The molecule has 1 aliphatic rings. The van der Waals surface area contributed by atoms with Gasteiger partial charge in [-0.3, -0.25) is 0 Å². The van der Waals surface area contributed by atoms with E-state index in [9.17, 15) is 26.0 Å². The summed E-state index contributed by atoms with van der Waals surface area (Å²) in [7, 11) is -3.88. The summed E-state index contributed by atoms with van der Waals surface area (Å²) in [6.45, 7) is 0.707. The van der Waals surface area contributed by atoms with Gasteiger partial charge in [-0.1, -0.05) is 11.6 Å². The van der Waals surface area contributed by atoms with Gasteiger partial charge in [0.1, 0.15) is 10.6 Å². The molecule has 0 unspecified atom stereocenters. The molecule has 2 N–H and O–H groups in total. The minimum atomic E-state index is -4.78. The molecule has 1 fully saturated rings. The molecule has 2 aromatic rings. The molecular weight excluding hydrogens is 424 g/mol. The predicted molar refractivity (Wildman–Crippen MR) is 95.3 cm³/mol. The first-order valence-electron chi connectivity index (χ1n) is 8.14. The van der Waals surface area contributed by atoms with Crippen LogP contribution in [0.2, 0.25) is 5.02 Å². The van der Waals surface area contributed by atoms with E-state index in [1.807, 2.05) is 0 Å². The topological polar surface area (TPSA) is 72.6 Å². The van der Waals surface area contributed by atoms with E-state index in [4.69, 9.17) is 22.1 Å². The van der Waals surface area contributed by atoms with Crippen LogP contribution >= 0.6 is 11.6 Å². The van der Waals surface area contributed by atoms with Crippen molar-refractivity contribution in [2.24, 2.45) is 0 Å². The molecule has 0 amide bonds. The molecule has 152 valence electrons. The summed E-state index contributed by atoms with van der Waals surface area (Å²) in [5.41, 5.74) is 4.48. The third-order valence-electron chi connectivity index (χ3n) is 4.21. The summed E-state index contributed by atoms with van der Waals surface area (Å²) in [5.74, 6) is -2.11. The number of ether oxygens (including phenoxy) is 1. The van der Waals surface area contributed by atoms with Gasteiger partial charge in [0, 0.05) is 19.2 Å². The van der Waals surface area contributed by atoms with Crippen molar-refractivity contribution in [1.82, 2.24) is 4.31 Å². The first-order valence-corrected chi connectivity index (χ1v) is 9.96. The molecule has 0 radical (unpaired) electrons. The number of alkyl halides is 3. The van der Waals surface area contributed by atoms with E-state index in [-0.39, 0.29) is 22.4 Å². The van der Waals surface area contributed by atoms with Crippen molar-refractivity contribution in [1.29, 1.82) is 0 Å². The minimum absolute atomic E-state index is 0.0294. The number of halogens is 5. The molecule has 3 rings (SSSR count). The Bertz CT molecular complexity index is 983. The highest BCUT2D eigenvalue weighted by Gasteiger charge is 2.33. The van der Waals surface area contributed by atoms with Crippen LogP contribution in [0.1, 0.15) is 18.4 Å². The third kappa shape index (κ3) is 4.03. The molecule has 0 aromatic heterocycles. The number of sulfonamides is 1. The number of hydrogen-bond donors (Lipinski definition) is 1. The Balaban J connectivity index is 1.96. The van der Waals surface area contributed by atoms with Crippen molar-refractivity contribution >= 4 is 27.3 Å². The van der Waals surface area contributed by atoms with Gasteiger partial charge in [-0.2, -0.15) is 17.5 Å². The lowest BCUT2D eigenvalue weighted by Gasteiger charge is -2.18. The molecular formula is C17H15ClF4N2O3S. The largest absolute Gasteiger partial charge is 0.453 e. The highest BCUT2D eigenvalue weighted by atomic mass is 35.5. The van der Waals surface area contributed by atoms with Crippen molar-refractivity contribution < 1.29 is 30.7 Å². The summed E-state index contributed by atoms with van der Waals surface area (Å²) in [6.07, 6.45) is -3.33. The normalized spacial score (nSPS) is 15.8. The van der Waals surface area contributed by atoms with Gasteiger partial charge in [0.05, 0.1) is 16.3 Å². The van der Waals surface area contributed by atoms with Gasteiger partial charge in [0.25, 0.3) is 0 Å². The third-order valence-corrected chi connectivity index (χ3v) is 6.45. The van der Waals surface area contributed by atoms with Crippen LogP contribution in [-0.4, -0.2) is 25.8 Å². The highest BCUT2D eigenvalue weighted by molar-refractivity contribution is 7.89. The zero-order valence-electron chi connectivity index (χ0n) is 14.3. The molecule has 0 saturated carbocycles. The molecule has 1 aliphatic heterocycles. The van der Waals surface area contributed by atoms with Crippen LogP contribution in [0, 0.1) is 5.82 Å². The van der Waals surface area contributed by atoms with Gasteiger partial charge >= 0.3 is 6.18 Å². The van der Waals surface area contributed by atoms with Crippen LogP contribution in [-0.2, 0) is 16.2 Å². The summed E-state index contributed by atoms with van der Waals surface area (Å²) in [4.78, 5) is -0.227. The van der Waals surface area contributed by atoms with Crippen LogP contribution in [0.15, 0.2) is 35.2 Å². The SMILES string of the molecule is Nc1ccc(Oc2c(F)cc(C(F)(F)F)cc2Cl)cc1S(=O)(=O)N1CCCC1. The van der Waals surface area contributed by atoms with Crippen LogP contribution in [0.25, 0.3) is 0 Å². The van der Waals surface area contributed by atoms with Gasteiger partial charge in [-0.05, 0) is 37.1 Å². The Morgan fingerprint density at radius 2 is 1.75 bits per heavy atom. The van der Waals surface area contributed by atoms with E-state index in [1.165, 1.54) is 16.4 Å². The average Bonchev–Trinajstić information content (AvgIpc) is 3.13. The fourth-order valence-corrected chi connectivity index (χ4v) is 4.70. The van der Waals surface area contributed by atoms with Crippen LogP contribution < -0.4 is 10.5 Å². The number of anilines is 1. The van der Waals surface area contributed by atoms with Gasteiger partial charge in [-0.15, -0.1) is 0 Å². The number of nitrogens with zero attached hydrogens (tertiary/aromatic N) is 1. The van der Waals surface area contributed by atoms with Crippen molar-refractivity contribution in [3.63, 3.8) is 0 Å². The molecule has 1 saturated heterocycles. The van der Waals surface area contributed by atoms with Crippen molar-refractivity contribution in [2.45, 2.75) is 23.9 Å². The van der Waals surface area contributed by atoms with Crippen molar-refractivity contribution in [3.8, 4) is 11.5 Å². The second-order valence-corrected chi connectivity index (χ2v) is 8.49. The maximum atomic E-state index is 14.1. The first-order chi connectivity index (χ1) is 13.0. The quantitative estimate of drug-likeness (QED) is 0.556. The second-order valence-electron chi connectivity index (χ2n) is 6.18. The number of nitrogen functional groups attached to an aromatic ring is 1. The summed E-state index contributed by atoms with van der Waals surface area (Å²) in [6, 6.07) is 4.40. The molecule has 5 nitrogen and oxygen atoms in total. The monoisotopic (exact) mass is 438 g/mol. The van der Waals surface area contributed by atoms with E-state index < -0.39 is 38.4 Å². The maximum absolute atomic E-state index is 14.1. The Kier molecular flexibility index (Phi) is 5.48. The molecule has 11 heteroatoms. The minimum Gasteiger partial charge on any atom is -0.453 e. The van der Waals surface area contributed by atoms with Gasteiger partial charge in [0.15, 0.2) is 11.6 Å². The number of nitrogens with two attached hydrogens (primary N) is 1. The summed E-state index contributed by atoms with van der Waals surface area (Å²) >= 11 is 5.74. The van der Waals surface area contributed by atoms with Crippen LogP contribution in [0.4, 0.5) is 23.2 Å². The maximum Gasteiger partial charge on any atom is 0.416 e. The molecule has 2 aromatic carbocycles. The molecule has 0 atom stereocenters. The Hall–Kier alpha value is -2.04. The number of rotatable bonds is 4. The lowest BCUT2D eigenvalue weighted by Crippen LogP contribution is -2.28. The standard InChI is InChI=1S/C17H15ClF4N2O3S/c18-12-7-10(17(20,21)22)8-13(19)16(12)27-11-3-4-14(23)15(9-11)28(25,26)24-5-1-2-6-24/h3-4,7-9H,1-2,5-6,23H2. The van der Waals surface area contributed by atoms with Crippen molar-refractivity contribution in [3.05, 3.63) is 46.7 Å². The predicted octanol–water partition coefficient (Wildman–Crippen LogP) is 4.66.